The SMILES string of the molecule is CC(=N)N1CCCN(c2cccc(-c3onc4ccc(-c5ccnc(NC(=O)c6ccco6)n5)cc34)c2)CC1. The fourth-order valence-corrected chi connectivity index (χ4v) is 4.81. The lowest BCUT2D eigenvalue weighted by Gasteiger charge is -2.24. The van der Waals surface area contributed by atoms with Crippen LogP contribution in [0.2, 0.25) is 0 Å². The maximum atomic E-state index is 12.4. The van der Waals surface area contributed by atoms with E-state index in [0.29, 0.717) is 17.3 Å². The summed E-state index contributed by atoms with van der Waals surface area (Å²) >= 11 is 0. The molecule has 2 aromatic carbocycles. The highest BCUT2D eigenvalue weighted by molar-refractivity contribution is 6.01. The molecule has 1 fully saturated rings. The van der Waals surface area contributed by atoms with E-state index in [1.54, 1.807) is 24.4 Å². The van der Waals surface area contributed by atoms with Gasteiger partial charge in [-0.2, -0.15) is 0 Å². The fraction of sp³-hybridized carbons (Fsp3) is 0.207. The standard InChI is InChI=1S/C29H27N7O3/c1-19(30)35-12-4-13-36(15-14-35)22-6-2-5-21(17-22)27-23-18-20(8-9-25(23)34-39-27)24-10-11-31-29(32-24)33-28(37)26-7-3-16-38-26/h2-3,5-11,16-18,30H,4,12-15H2,1H3,(H,31,32,33,37). The maximum absolute atomic E-state index is 12.4. The van der Waals surface area contributed by atoms with Gasteiger partial charge in [0.2, 0.25) is 5.95 Å². The Morgan fingerprint density at radius 1 is 1.00 bits per heavy atom. The highest BCUT2D eigenvalue weighted by Crippen LogP contribution is 2.34. The number of anilines is 2. The molecule has 1 aliphatic heterocycles. The third-order valence-corrected chi connectivity index (χ3v) is 6.84. The van der Waals surface area contributed by atoms with Gasteiger partial charge in [0.15, 0.2) is 11.5 Å². The molecule has 10 heteroatoms. The summed E-state index contributed by atoms with van der Waals surface area (Å²) in [4.78, 5) is 25.5. The molecule has 5 aromatic rings. The van der Waals surface area contributed by atoms with Crippen LogP contribution in [0.4, 0.5) is 11.6 Å². The van der Waals surface area contributed by atoms with Crippen LogP contribution >= 0.6 is 0 Å². The highest BCUT2D eigenvalue weighted by atomic mass is 16.5. The second-order valence-electron chi connectivity index (χ2n) is 9.40. The Hall–Kier alpha value is -4.99. The van der Waals surface area contributed by atoms with E-state index in [2.05, 4.69) is 42.4 Å². The number of hydrogen-bond donors (Lipinski definition) is 2. The molecule has 0 bridgehead atoms. The first-order valence-corrected chi connectivity index (χ1v) is 12.8. The first kappa shape index (κ1) is 24.4. The van der Waals surface area contributed by atoms with Gasteiger partial charge in [-0.1, -0.05) is 23.4 Å². The van der Waals surface area contributed by atoms with Gasteiger partial charge in [0, 0.05) is 49.2 Å². The van der Waals surface area contributed by atoms with Crippen LogP contribution in [0.1, 0.15) is 23.9 Å². The van der Waals surface area contributed by atoms with Crippen LogP contribution in [0.25, 0.3) is 33.5 Å². The Kier molecular flexibility index (Phi) is 6.50. The molecule has 196 valence electrons. The van der Waals surface area contributed by atoms with Crippen molar-refractivity contribution in [3.05, 3.63) is 78.9 Å². The van der Waals surface area contributed by atoms with E-state index in [0.717, 1.165) is 60.3 Å². The predicted molar refractivity (Wildman–Crippen MR) is 149 cm³/mol. The molecule has 6 rings (SSSR count). The average molecular weight is 522 g/mol. The molecule has 1 saturated heterocycles. The van der Waals surface area contributed by atoms with Gasteiger partial charge >= 0.3 is 0 Å². The molecule has 39 heavy (non-hydrogen) atoms. The summed E-state index contributed by atoms with van der Waals surface area (Å²) in [7, 11) is 0. The Labute approximate surface area is 224 Å². The zero-order valence-corrected chi connectivity index (χ0v) is 21.4. The first-order chi connectivity index (χ1) is 19.0. The number of carbonyl (C=O) groups excluding carboxylic acids is 1. The molecule has 1 aliphatic rings. The van der Waals surface area contributed by atoms with Crippen molar-refractivity contribution in [2.24, 2.45) is 0 Å². The quantitative estimate of drug-likeness (QED) is 0.236. The summed E-state index contributed by atoms with van der Waals surface area (Å²) in [6.45, 7) is 5.36. The number of aromatic nitrogens is 3. The van der Waals surface area contributed by atoms with Crippen LogP contribution < -0.4 is 10.2 Å². The molecule has 2 N–H and O–H groups in total. The number of nitrogens with one attached hydrogen (secondary N) is 2. The number of amides is 1. The van der Waals surface area contributed by atoms with Crippen molar-refractivity contribution in [3.63, 3.8) is 0 Å². The van der Waals surface area contributed by atoms with Crippen LogP contribution in [0.15, 0.2) is 82.1 Å². The molecule has 1 amide bonds. The van der Waals surface area contributed by atoms with Gasteiger partial charge in [0.25, 0.3) is 5.91 Å². The molecule has 10 nitrogen and oxygen atoms in total. The van der Waals surface area contributed by atoms with Crippen LogP contribution in [0, 0.1) is 5.41 Å². The summed E-state index contributed by atoms with van der Waals surface area (Å²) in [6.07, 6.45) is 4.04. The lowest BCUT2D eigenvalue weighted by molar-refractivity contribution is 0.0996. The van der Waals surface area contributed by atoms with Gasteiger partial charge in [-0.25, -0.2) is 9.97 Å². The number of hydrogen-bond acceptors (Lipinski definition) is 8. The van der Waals surface area contributed by atoms with Crippen molar-refractivity contribution in [2.45, 2.75) is 13.3 Å². The molecule has 0 unspecified atom stereocenters. The van der Waals surface area contributed by atoms with Gasteiger partial charge in [0.05, 0.1) is 23.2 Å². The van der Waals surface area contributed by atoms with Crippen molar-refractivity contribution < 1.29 is 13.7 Å². The second kappa shape index (κ2) is 10.4. The number of rotatable bonds is 5. The van der Waals surface area contributed by atoms with Crippen molar-refractivity contribution in [2.75, 3.05) is 36.4 Å². The topological polar surface area (TPSA) is 124 Å². The van der Waals surface area contributed by atoms with Gasteiger partial charge < -0.3 is 18.7 Å². The molecule has 3 aromatic heterocycles. The Balaban J connectivity index is 1.27. The minimum atomic E-state index is -0.418. The van der Waals surface area contributed by atoms with Gasteiger partial charge in [0.1, 0.15) is 5.52 Å². The monoisotopic (exact) mass is 521 g/mol. The van der Waals surface area contributed by atoms with Crippen LogP contribution in [-0.2, 0) is 0 Å². The molecule has 0 atom stereocenters. The Morgan fingerprint density at radius 2 is 1.92 bits per heavy atom. The molecular weight excluding hydrogens is 494 g/mol. The summed E-state index contributed by atoms with van der Waals surface area (Å²) in [5.74, 6) is 1.25. The fourth-order valence-electron chi connectivity index (χ4n) is 4.81. The number of amidine groups is 1. The van der Waals surface area contributed by atoms with E-state index >= 15 is 0 Å². The number of benzene rings is 2. The summed E-state index contributed by atoms with van der Waals surface area (Å²) in [5.41, 5.74) is 4.29. The molecule has 0 saturated carbocycles. The molecular formula is C29H27N7O3. The van der Waals surface area contributed by atoms with Crippen molar-refractivity contribution in [3.8, 4) is 22.6 Å². The average Bonchev–Trinajstić information content (AvgIpc) is 3.58. The van der Waals surface area contributed by atoms with Gasteiger partial charge in [-0.3, -0.25) is 15.5 Å². The van der Waals surface area contributed by atoms with E-state index in [1.807, 2.05) is 37.3 Å². The first-order valence-electron chi connectivity index (χ1n) is 12.8. The van der Waals surface area contributed by atoms with Crippen molar-refractivity contribution in [1.29, 1.82) is 5.41 Å². The summed E-state index contributed by atoms with van der Waals surface area (Å²) in [5, 5.41) is 15.8. The smallest absolute Gasteiger partial charge is 0.293 e. The van der Waals surface area contributed by atoms with E-state index < -0.39 is 5.91 Å². The highest BCUT2D eigenvalue weighted by Gasteiger charge is 2.18. The number of fused-ring (bicyclic) bond motifs is 1. The molecule has 0 spiro atoms. The van der Waals surface area contributed by atoms with Crippen molar-refractivity contribution >= 4 is 34.3 Å². The lowest BCUT2D eigenvalue weighted by atomic mass is 10.0. The molecule has 4 heterocycles. The minimum Gasteiger partial charge on any atom is -0.459 e. The van der Waals surface area contributed by atoms with Crippen molar-refractivity contribution in [1.82, 2.24) is 20.0 Å². The Morgan fingerprint density at radius 3 is 2.77 bits per heavy atom. The summed E-state index contributed by atoms with van der Waals surface area (Å²) < 4.78 is 11.0. The number of carbonyl (C=O) groups is 1. The Bertz CT molecular complexity index is 1640. The molecule has 0 radical (unpaired) electrons. The van der Waals surface area contributed by atoms with Gasteiger partial charge in [-0.15, -0.1) is 0 Å². The third kappa shape index (κ3) is 5.08. The molecule has 0 aliphatic carbocycles. The number of nitrogens with zero attached hydrogens (tertiary/aromatic N) is 5. The maximum Gasteiger partial charge on any atom is 0.293 e. The van der Waals surface area contributed by atoms with E-state index in [1.165, 1.54) is 6.26 Å². The van der Waals surface area contributed by atoms with E-state index in [9.17, 15) is 4.79 Å². The normalized spacial score (nSPS) is 13.9. The predicted octanol–water partition coefficient (Wildman–Crippen LogP) is 5.31. The number of furan rings is 1. The van der Waals surface area contributed by atoms with E-state index in [4.69, 9.17) is 14.3 Å². The lowest BCUT2D eigenvalue weighted by Crippen LogP contribution is -2.33. The minimum absolute atomic E-state index is 0.182. The second-order valence-corrected chi connectivity index (χ2v) is 9.40. The summed E-state index contributed by atoms with van der Waals surface area (Å²) in [6, 6.07) is 19.1. The van der Waals surface area contributed by atoms with Gasteiger partial charge in [-0.05, 0) is 55.8 Å². The van der Waals surface area contributed by atoms with Crippen LogP contribution in [0.3, 0.4) is 0 Å². The zero-order valence-electron chi connectivity index (χ0n) is 21.4. The zero-order chi connectivity index (χ0) is 26.8. The van der Waals surface area contributed by atoms with Crippen LogP contribution in [0.5, 0.6) is 0 Å². The largest absolute Gasteiger partial charge is 0.459 e. The third-order valence-electron chi connectivity index (χ3n) is 6.84. The van der Waals surface area contributed by atoms with Crippen LogP contribution in [-0.4, -0.2) is 57.9 Å². The van der Waals surface area contributed by atoms with E-state index in [-0.39, 0.29) is 11.7 Å².